The first-order valence-corrected chi connectivity index (χ1v) is 5.13. The number of hydrogen-bond donors (Lipinski definition) is 1. The van der Waals surface area contributed by atoms with Crippen LogP contribution in [0.2, 0.25) is 0 Å². The number of hydrogen-bond acceptors (Lipinski definition) is 3. The van der Waals surface area contributed by atoms with Crippen LogP contribution in [0.1, 0.15) is 17.4 Å². The molecule has 1 aliphatic heterocycles. The minimum absolute atomic E-state index is 0.184. The van der Waals surface area contributed by atoms with Crippen LogP contribution in [0, 0.1) is 0 Å². The Kier molecular flexibility index (Phi) is 1.72. The van der Waals surface area contributed by atoms with E-state index in [9.17, 15) is 5.11 Å². The largest absolute Gasteiger partial charge is 0.388 e. The van der Waals surface area contributed by atoms with Gasteiger partial charge in [0.1, 0.15) is 0 Å². The zero-order chi connectivity index (χ0) is 6.97. The first-order chi connectivity index (χ1) is 4.88. The molecule has 1 atom stereocenters. The lowest BCUT2D eigenvalue weighted by molar-refractivity contribution is 0.174. The lowest BCUT2D eigenvalue weighted by Gasteiger charge is -2.15. The highest BCUT2D eigenvalue weighted by Crippen LogP contribution is 2.39. The minimum atomic E-state index is -0.184. The Morgan fingerprint density at radius 1 is 1.60 bits per heavy atom. The fourth-order valence-corrected chi connectivity index (χ4v) is 3.30. The van der Waals surface area contributed by atoms with Gasteiger partial charge in [0, 0.05) is 15.5 Å². The van der Waals surface area contributed by atoms with Crippen molar-refractivity contribution in [3.63, 3.8) is 0 Å². The van der Waals surface area contributed by atoms with Crippen LogP contribution in [0.3, 0.4) is 0 Å². The summed E-state index contributed by atoms with van der Waals surface area (Å²) in [6.45, 7) is 0. The number of fused-ring (bicyclic) bond motifs is 1. The van der Waals surface area contributed by atoms with E-state index in [2.05, 4.69) is 6.07 Å². The normalized spacial score (nSPS) is 24.3. The molecular formula is C7H8OS2. The summed E-state index contributed by atoms with van der Waals surface area (Å²) in [5, 5.41) is 11.5. The van der Waals surface area contributed by atoms with E-state index in [1.54, 1.807) is 11.3 Å². The topological polar surface area (TPSA) is 20.2 Å². The molecule has 0 bridgehead atoms. The molecule has 2 heterocycles. The third-order valence-corrected chi connectivity index (χ3v) is 3.86. The Bertz CT molecular complexity index is 231. The second-order valence-electron chi connectivity index (χ2n) is 2.30. The monoisotopic (exact) mass is 172 g/mol. The minimum Gasteiger partial charge on any atom is -0.388 e. The summed E-state index contributed by atoms with van der Waals surface area (Å²) in [6, 6.07) is 2.09. The van der Waals surface area contributed by atoms with Crippen LogP contribution in [0.15, 0.2) is 16.3 Å². The Morgan fingerprint density at radius 2 is 2.50 bits per heavy atom. The number of aliphatic hydroxyl groups is 1. The first-order valence-electron chi connectivity index (χ1n) is 3.26. The van der Waals surface area contributed by atoms with E-state index in [0.717, 1.165) is 17.1 Å². The van der Waals surface area contributed by atoms with Gasteiger partial charge in [-0.1, -0.05) is 0 Å². The number of thioether (sulfide) groups is 1. The smallest absolute Gasteiger partial charge is 0.0901 e. The standard InChI is InChI=1S/C7H8OS2/c8-5-1-3-9-6-2-4-10-7(5)6/h2,4-5,8H,1,3H2. The molecule has 1 N–H and O–H groups in total. The third-order valence-electron chi connectivity index (χ3n) is 1.61. The molecule has 0 fully saturated rings. The molecule has 54 valence electrons. The van der Waals surface area contributed by atoms with Crippen molar-refractivity contribution in [1.82, 2.24) is 0 Å². The van der Waals surface area contributed by atoms with Gasteiger partial charge < -0.3 is 5.11 Å². The molecule has 0 amide bonds. The van der Waals surface area contributed by atoms with Crippen molar-refractivity contribution < 1.29 is 5.11 Å². The molecule has 1 unspecified atom stereocenters. The van der Waals surface area contributed by atoms with Gasteiger partial charge in [-0.15, -0.1) is 23.1 Å². The average Bonchev–Trinajstić information content (AvgIpc) is 2.36. The molecule has 0 aromatic carbocycles. The SMILES string of the molecule is OC1CCSc2ccsc21. The number of aliphatic hydroxyl groups excluding tert-OH is 1. The van der Waals surface area contributed by atoms with Gasteiger partial charge in [-0.25, -0.2) is 0 Å². The van der Waals surface area contributed by atoms with E-state index in [1.807, 2.05) is 17.1 Å². The van der Waals surface area contributed by atoms with Gasteiger partial charge in [0.25, 0.3) is 0 Å². The second kappa shape index (κ2) is 2.57. The first kappa shape index (κ1) is 6.70. The number of rotatable bonds is 0. The molecule has 3 heteroatoms. The highest BCUT2D eigenvalue weighted by atomic mass is 32.2. The van der Waals surface area contributed by atoms with Crippen molar-refractivity contribution in [1.29, 1.82) is 0 Å². The highest BCUT2D eigenvalue weighted by molar-refractivity contribution is 7.99. The van der Waals surface area contributed by atoms with Crippen molar-refractivity contribution in [3.05, 3.63) is 16.3 Å². The van der Waals surface area contributed by atoms with Gasteiger partial charge in [-0.05, 0) is 17.9 Å². The van der Waals surface area contributed by atoms with Crippen LogP contribution in [-0.2, 0) is 0 Å². The molecule has 0 saturated carbocycles. The predicted molar refractivity (Wildman–Crippen MR) is 44.6 cm³/mol. The van der Waals surface area contributed by atoms with Gasteiger partial charge in [0.15, 0.2) is 0 Å². The van der Waals surface area contributed by atoms with Crippen LogP contribution in [-0.4, -0.2) is 10.9 Å². The van der Waals surface area contributed by atoms with E-state index in [4.69, 9.17) is 0 Å². The molecule has 10 heavy (non-hydrogen) atoms. The Balaban J connectivity index is 2.41. The van der Waals surface area contributed by atoms with Crippen molar-refractivity contribution in [2.75, 3.05) is 5.75 Å². The Hall–Kier alpha value is 0.01000. The highest BCUT2D eigenvalue weighted by Gasteiger charge is 2.18. The van der Waals surface area contributed by atoms with Crippen molar-refractivity contribution >= 4 is 23.1 Å². The van der Waals surface area contributed by atoms with Gasteiger partial charge in [-0.2, -0.15) is 0 Å². The molecule has 0 saturated heterocycles. The summed E-state index contributed by atoms with van der Waals surface area (Å²) in [7, 11) is 0. The molecule has 0 radical (unpaired) electrons. The fourth-order valence-electron chi connectivity index (χ4n) is 1.08. The maximum Gasteiger partial charge on any atom is 0.0901 e. The van der Waals surface area contributed by atoms with Crippen LogP contribution in [0.25, 0.3) is 0 Å². The summed E-state index contributed by atoms with van der Waals surface area (Å²) in [5.74, 6) is 1.06. The van der Waals surface area contributed by atoms with Crippen LogP contribution < -0.4 is 0 Å². The van der Waals surface area contributed by atoms with E-state index in [-0.39, 0.29) is 6.10 Å². The van der Waals surface area contributed by atoms with E-state index >= 15 is 0 Å². The summed E-state index contributed by atoms with van der Waals surface area (Å²) < 4.78 is 0. The lowest BCUT2D eigenvalue weighted by atomic mass is 10.2. The molecule has 0 spiro atoms. The Morgan fingerprint density at radius 3 is 3.30 bits per heavy atom. The number of thiophene rings is 1. The van der Waals surface area contributed by atoms with E-state index in [0.29, 0.717) is 0 Å². The van der Waals surface area contributed by atoms with Gasteiger partial charge in [-0.3, -0.25) is 0 Å². The van der Waals surface area contributed by atoms with Gasteiger partial charge in [0.2, 0.25) is 0 Å². The molecule has 2 rings (SSSR count). The van der Waals surface area contributed by atoms with Crippen LogP contribution >= 0.6 is 23.1 Å². The maximum atomic E-state index is 9.45. The van der Waals surface area contributed by atoms with Gasteiger partial charge >= 0.3 is 0 Å². The quantitative estimate of drug-likeness (QED) is 0.648. The predicted octanol–water partition coefficient (Wildman–Crippen LogP) is 2.28. The molecule has 1 aromatic heterocycles. The summed E-state index contributed by atoms with van der Waals surface area (Å²) >= 11 is 3.51. The summed E-state index contributed by atoms with van der Waals surface area (Å²) in [6.07, 6.45) is 0.731. The summed E-state index contributed by atoms with van der Waals surface area (Å²) in [4.78, 5) is 2.44. The third kappa shape index (κ3) is 0.983. The maximum absolute atomic E-state index is 9.45. The van der Waals surface area contributed by atoms with E-state index < -0.39 is 0 Å². The molecule has 0 aliphatic carbocycles. The molecule has 1 aliphatic rings. The Labute approximate surface area is 68.1 Å². The summed E-state index contributed by atoms with van der Waals surface area (Å²) in [5.41, 5.74) is 0. The van der Waals surface area contributed by atoms with Crippen molar-refractivity contribution in [2.24, 2.45) is 0 Å². The lowest BCUT2D eigenvalue weighted by Crippen LogP contribution is -2.02. The zero-order valence-corrected chi connectivity index (χ0v) is 7.04. The molecule has 1 nitrogen and oxygen atoms in total. The van der Waals surface area contributed by atoms with Crippen LogP contribution in [0.4, 0.5) is 0 Å². The van der Waals surface area contributed by atoms with Gasteiger partial charge in [0.05, 0.1) is 6.10 Å². The molecule has 1 aromatic rings. The molecular weight excluding hydrogens is 164 g/mol. The zero-order valence-electron chi connectivity index (χ0n) is 5.41. The second-order valence-corrected chi connectivity index (χ2v) is 4.39. The van der Waals surface area contributed by atoms with E-state index in [1.165, 1.54) is 4.90 Å². The fraction of sp³-hybridized carbons (Fsp3) is 0.429. The van der Waals surface area contributed by atoms with Crippen molar-refractivity contribution in [2.45, 2.75) is 17.4 Å². The van der Waals surface area contributed by atoms with Crippen molar-refractivity contribution in [3.8, 4) is 0 Å². The average molecular weight is 172 g/mol. The van der Waals surface area contributed by atoms with Crippen LogP contribution in [0.5, 0.6) is 0 Å².